The summed E-state index contributed by atoms with van der Waals surface area (Å²) in [7, 11) is 0. The molecule has 1 heterocycles. The quantitative estimate of drug-likeness (QED) is 0.609. The number of unbranched alkanes of at least 4 members (excludes halogenated alkanes) is 3. The number of halogens is 1. The van der Waals surface area contributed by atoms with Crippen LogP contribution in [0.5, 0.6) is 0 Å². The van der Waals surface area contributed by atoms with Gasteiger partial charge in [0.15, 0.2) is 0 Å². The van der Waals surface area contributed by atoms with Crippen molar-refractivity contribution in [3.63, 3.8) is 0 Å². The summed E-state index contributed by atoms with van der Waals surface area (Å²) in [5.41, 5.74) is 1.01. The molecule has 0 radical (unpaired) electrons. The fraction of sp³-hybridized carbons (Fsp3) is 0.350. The fourth-order valence-corrected chi connectivity index (χ4v) is 2.85. The molecule has 144 valence electrons. The molecule has 0 fully saturated rings. The number of aromatic nitrogens is 1. The van der Waals surface area contributed by atoms with Crippen molar-refractivity contribution in [2.45, 2.75) is 38.6 Å². The lowest BCUT2D eigenvalue weighted by molar-refractivity contribution is -0.137. The summed E-state index contributed by atoms with van der Waals surface area (Å²) in [5, 5.41) is 12.0. The lowest BCUT2D eigenvalue weighted by Crippen LogP contribution is -2.27. The van der Waals surface area contributed by atoms with Crippen LogP contribution in [0.2, 0.25) is 5.02 Å². The van der Waals surface area contributed by atoms with Crippen LogP contribution in [0, 0.1) is 0 Å². The molecule has 2 aromatic rings. The first-order chi connectivity index (χ1) is 13.0. The largest absolute Gasteiger partial charge is 0.481 e. The summed E-state index contributed by atoms with van der Waals surface area (Å²) in [4.78, 5) is 34.8. The van der Waals surface area contributed by atoms with Gasteiger partial charge in [-0.3, -0.25) is 14.4 Å². The van der Waals surface area contributed by atoms with Crippen molar-refractivity contribution < 1.29 is 14.7 Å². The van der Waals surface area contributed by atoms with Gasteiger partial charge in [-0.05, 0) is 30.5 Å². The summed E-state index contributed by atoms with van der Waals surface area (Å²) in [6.45, 7) is 0.804. The molecule has 0 bridgehead atoms. The van der Waals surface area contributed by atoms with E-state index in [1.807, 2.05) is 18.2 Å². The first-order valence-corrected chi connectivity index (χ1v) is 9.29. The van der Waals surface area contributed by atoms with E-state index in [0.717, 1.165) is 24.8 Å². The van der Waals surface area contributed by atoms with Gasteiger partial charge in [-0.15, -0.1) is 0 Å². The zero-order valence-corrected chi connectivity index (χ0v) is 15.7. The van der Waals surface area contributed by atoms with Crippen LogP contribution in [0.1, 0.15) is 48.0 Å². The van der Waals surface area contributed by atoms with E-state index in [1.54, 1.807) is 6.07 Å². The minimum Gasteiger partial charge on any atom is -0.481 e. The van der Waals surface area contributed by atoms with Gasteiger partial charge in [-0.2, -0.15) is 0 Å². The number of hydrogen-bond donors (Lipinski definition) is 2. The van der Waals surface area contributed by atoms with Crippen LogP contribution in [0.15, 0.2) is 47.4 Å². The van der Waals surface area contributed by atoms with Gasteiger partial charge < -0.3 is 15.0 Å². The van der Waals surface area contributed by atoms with Crippen molar-refractivity contribution >= 4 is 23.5 Å². The van der Waals surface area contributed by atoms with Crippen LogP contribution in [0.4, 0.5) is 0 Å². The number of amides is 1. The molecule has 0 saturated carbocycles. The van der Waals surface area contributed by atoms with Crippen LogP contribution >= 0.6 is 11.6 Å². The molecule has 6 nitrogen and oxygen atoms in total. The molecule has 0 aliphatic carbocycles. The third kappa shape index (κ3) is 6.90. The van der Waals surface area contributed by atoms with E-state index in [4.69, 9.17) is 16.7 Å². The van der Waals surface area contributed by atoms with Gasteiger partial charge in [0.25, 0.3) is 11.5 Å². The van der Waals surface area contributed by atoms with Crippen molar-refractivity contribution in [2.75, 3.05) is 6.54 Å². The Hall–Kier alpha value is -2.60. The second-order valence-electron chi connectivity index (χ2n) is 6.29. The highest BCUT2D eigenvalue weighted by molar-refractivity contribution is 6.31. The van der Waals surface area contributed by atoms with Crippen LogP contribution in [-0.4, -0.2) is 28.1 Å². The zero-order chi connectivity index (χ0) is 19.6. The average Bonchev–Trinajstić information content (AvgIpc) is 2.64. The molecule has 0 saturated heterocycles. The number of carboxylic acids is 1. The third-order valence-corrected chi connectivity index (χ3v) is 4.52. The van der Waals surface area contributed by atoms with Crippen LogP contribution in [0.25, 0.3) is 0 Å². The summed E-state index contributed by atoms with van der Waals surface area (Å²) in [6, 6.07) is 10.1. The van der Waals surface area contributed by atoms with Crippen molar-refractivity contribution in [2.24, 2.45) is 0 Å². The lowest BCUT2D eigenvalue weighted by atomic mass is 10.1. The maximum atomic E-state index is 12.3. The van der Waals surface area contributed by atoms with Crippen LogP contribution in [0.3, 0.4) is 0 Å². The summed E-state index contributed by atoms with van der Waals surface area (Å²) >= 11 is 6.14. The van der Waals surface area contributed by atoms with Gasteiger partial charge in [0, 0.05) is 30.3 Å². The number of hydrogen-bond acceptors (Lipinski definition) is 3. The Morgan fingerprint density at radius 1 is 1.04 bits per heavy atom. The van der Waals surface area contributed by atoms with E-state index >= 15 is 0 Å². The predicted octanol–water partition coefficient (Wildman–Crippen LogP) is 3.31. The Labute approximate surface area is 162 Å². The van der Waals surface area contributed by atoms with E-state index in [1.165, 1.54) is 22.9 Å². The predicted molar refractivity (Wildman–Crippen MR) is 104 cm³/mol. The standard InChI is InChI=1S/C20H23ClN2O4/c21-17-8-5-4-7-15(17)13-23-14-16(10-11-18(23)24)20(27)22-12-6-2-1-3-9-19(25)26/h4-5,7-8,10-11,14H,1-3,6,9,12-13H2,(H,22,27)(H,25,26). The second kappa shape index (κ2) is 10.5. The average molecular weight is 391 g/mol. The number of pyridine rings is 1. The molecule has 2 N–H and O–H groups in total. The van der Waals surface area contributed by atoms with E-state index in [0.29, 0.717) is 30.1 Å². The molecule has 1 aromatic heterocycles. The van der Waals surface area contributed by atoms with Gasteiger partial charge in [-0.25, -0.2) is 0 Å². The van der Waals surface area contributed by atoms with Gasteiger partial charge >= 0.3 is 5.97 Å². The van der Waals surface area contributed by atoms with Crippen molar-refractivity contribution in [1.29, 1.82) is 0 Å². The second-order valence-corrected chi connectivity index (χ2v) is 6.70. The SMILES string of the molecule is O=C(O)CCCCCCNC(=O)c1ccc(=O)n(Cc2ccccc2Cl)c1. The number of aliphatic carboxylic acids is 1. The molecule has 0 atom stereocenters. The van der Waals surface area contributed by atoms with Crippen LogP contribution in [-0.2, 0) is 11.3 Å². The topological polar surface area (TPSA) is 88.4 Å². The molecule has 7 heteroatoms. The highest BCUT2D eigenvalue weighted by Crippen LogP contribution is 2.15. The molecular weight excluding hydrogens is 368 g/mol. The van der Waals surface area contributed by atoms with E-state index in [9.17, 15) is 14.4 Å². The van der Waals surface area contributed by atoms with Gasteiger partial charge in [0.1, 0.15) is 0 Å². The maximum Gasteiger partial charge on any atom is 0.303 e. The molecule has 0 unspecified atom stereocenters. The number of benzene rings is 1. The van der Waals surface area contributed by atoms with Crippen LogP contribution < -0.4 is 10.9 Å². The highest BCUT2D eigenvalue weighted by Gasteiger charge is 2.08. The van der Waals surface area contributed by atoms with Gasteiger partial charge in [0.2, 0.25) is 0 Å². The molecule has 1 aromatic carbocycles. The number of carboxylic acid groups (broad SMARTS) is 1. The highest BCUT2D eigenvalue weighted by atomic mass is 35.5. The molecule has 27 heavy (non-hydrogen) atoms. The first-order valence-electron chi connectivity index (χ1n) is 8.91. The maximum absolute atomic E-state index is 12.3. The van der Waals surface area contributed by atoms with Crippen molar-refractivity contribution in [1.82, 2.24) is 9.88 Å². The molecule has 0 aliphatic rings. The molecule has 2 rings (SSSR count). The number of nitrogens with one attached hydrogen (secondary N) is 1. The van der Waals surface area contributed by atoms with E-state index < -0.39 is 5.97 Å². The number of carbonyl (C=O) groups is 2. The number of rotatable bonds is 10. The zero-order valence-electron chi connectivity index (χ0n) is 15.0. The summed E-state index contributed by atoms with van der Waals surface area (Å²) < 4.78 is 1.46. The Kier molecular flexibility index (Phi) is 8.07. The van der Waals surface area contributed by atoms with Gasteiger partial charge in [0.05, 0.1) is 12.1 Å². The number of carbonyl (C=O) groups excluding carboxylic acids is 1. The van der Waals surface area contributed by atoms with E-state index in [2.05, 4.69) is 5.32 Å². The number of nitrogens with zero attached hydrogens (tertiary/aromatic N) is 1. The lowest BCUT2D eigenvalue weighted by Gasteiger charge is -2.10. The van der Waals surface area contributed by atoms with E-state index in [-0.39, 0.29) is 17.9 Å². The Bertz CT molecular complexity index is 848. The molecule has 1 amide bonds. The molecular formula is C20H23ClN2O4. The third-order valence-electron chi connectivity index (χ3n) is 4.15. The summed E-state index contributed by atoms with van der Waals surface area (Å²) in [5.74, 6) is -1.02. The Balaban J connectivity index is 1.87. The monoisotopic (exact) mass is 390 g/mol. The normalized spacial score (nSPS) is 10.6. The fourth-order valence-electron chi connectivity index (χ4n) is 2.66. The first kappa shape index (κ1) is 20.7. The van der Waals surface area contributed by atoms with Crippen molar-refractivity contribution in [3.05, 3.63) is 69.1 Å². The van der Waals surface area contributed by atoms with Crippen molar-refractivity contribution in [3.8, 4) is 0 Å². The Morgan fingerprint density at radius 2 is 1.78 bits per heavy atom. The molecule has 0 spiro atoms. The minimum atomic E-state index is -0.782. The molecule has 0 aliphatic heterocycles. The smallest absolute Gasteiger partial charge is 0.303 e. The Morgan fingerprint density at radius 3 is 2.52 bits per heavy atom. The van der Waals surface area contributed by atoms with Gasteiger partial charge in [-0.1, -0.05) is 42.6 Å². The summed E-state index contributed by atoms with van der Waals surface area (Å²) in [6.07, 6.45) is 4.83. The minimum absolute atomic E-state index is 0.180.